The second kappa shape index (κ2) is 7.07. The van der Waals surface area contributed by atoms with Crippen molar-refractivity contribution < 1.29 is 4.79 Å². The van der Waals surface area contributed by atoms with Crippen LogP contribution in [0.4, 0.5) is 11.4 Å². The van der Waals surface area contributed by atoms with Crippen molar-refractivity contribution >= 4 is 52.2 Å². The molecule has 3 nitrogen and oxygen atoms in total. The van der Waals surface area contributed by atoms with Crippen LogP contribution in [0, 0.1) is 6.92 Å². The van der Waals surface area contributed by atoms with Crippen molar-refractivity contribution in [1.82, 2.24) is 0 Å². The SMILES string of the molecule is Cc1cccc(N)c1NC(=O)CSc1cc(Cl)ccc1Cl. The maximum atomic E-state index is 12.0. The average molecular weight is 341 g/mol. The third kappa shape index (κ3) is 4.30. The predicted molar refractivity (Wildman–Crippen MR) is 91.4 cm³/mol. The second-order valence-electron chi connectivity index (χ2n) is 4.45. The summed E-state index contributed by atoms with van der Waals surface area (Å²) in [6, 6.07) is 10.7. The van der Waals surface area contributed by atoms with E-state index < -0.39 is 0 Å². The minimum atomic E-state index is -0.142. The number of anilines is 2. The number of rotatable bonds is 4. The lowest BCUT2D eigenvalue weighted by molar-refractivity contribution is -0.113. The molecule has 110 valence electrons. The second-order valence-corrected chi connectivity index (χ2v) is 6.31. The number of carbonyl (C=O) groups excluding carboxylic acids is 1. The fourth-order valence-corrected chi connectivity index (χ4v) is 3.06. The van der Waals surface area contributed by atoms with E-state index in [1.165, 1.54) is 11.8 Å². The molecule has 0 saturated heterocycles. The number of carbonyl (C=O) groups is 1. The van der Waals surface area contributed by atoms with Crippen LogP contribution in [0.1, 0.15) is 5.56 Å². The summed E-state index contributed by atoms with van der Waals surface area (Å²) >= 11 is 13.3. The molecule has 3 N–H and O–H groups in total. The van der Waals surface area contributed by atoms with E-state index in [0.717, 1.165) is 10.5 Å². The fourth-order valence-electron chi connectivity index (χ4n) is 1.77. The predicted octanol–water partition coefficient (Wildman–Crippen LogP) is 4.61. The normalized spacial score (nSPS) is 10.4. The van der Waals surface area contributed by atoms with Crippen molar-refractivity contribution in [3.8, 4) is 0 Å². The van der Waals surface area contributed by atoms with Crippen LogP contribution < -0.4 is 11.1 Å². The van der Waals surface area contributed by atoms with Gasteiger partial charge in [-0.15, -0.1) is 11.8 Å². The molecule has 0 heterocycles. The number of nitrogens with one attached hydrogen (secondary N) is 1. The fraction of sp³-hybridized carbons (Fsp3) is 0.133. The third-order valence-corrected chi connectivity index (χ3v) is 4.55. The highest BCUT2D eigenvalue weighted by Gasteiger charge is 2.10. The molecule has 0 aliphatic rings. The Kier molecular flexibility index (Phi) is 5.39. The van der Waals surface area contributed by atoms with Gasteiger partial charge < -0.3 is 11.1 Å². The van der Waals surface area contributed by atoms with Gasteiger partial charge in [-0.2, -0.15) is 0 Å². The number of nitrogens with two attached hydrogens (primary N) is 1. The minimum absolute atomic E-state index is 0.142. The molecule has 6 heteroatoms. The molecule has 0 bridgehead atoms. The molecule has 21 heavy (non-hydrogen) atoms. The lowest BCUT2D eigenvalue weighted by Gasteiger charge is -2.11. The molecule has 0 saturated carbocycles. The van der Waals surface area contributed by atoms with Crippen molar-refractivity contribution in [2.24, 2.45) is 0 Å². The van der Waals surface area contributed by atoms with Crippen LogP contribution in [0.25, 0.3) is 0 Å². The van der Waals surface area contributed by atoms with E-state index in [9.17, 15) is 4.79 Å². The summed E-state index contributed by atoms with van der Waals surface area (Å²) in [6.07, 6.45) is 0. The van der Waals surface area contributed by atoms with E-state index >= 15 is 0 Å². The molecule has 2 aromatic rings. The quantitative estimate of drug-likeness (QED) is 0.630. The molecule has 2 rings (SSSR count). The first-order chi connectivity index (χ1) is 9.97. The number of benzene rings is 2. The van der Waals surface area contributed by atoms with Crippen LogP contribution in [0.3, 0.4) is 0 Å². The molecule has 0 aliphatic heterocycles. The van der Waals surface area contributed by atoms with E-state index in [-0.39, 0.29) is 11.7 Å². The standard InChI is InChI=1S/C15H14Cl2N2OS/c1-9-3-2-4-12(18)15(9)19-14(20)8-21-13-7-10(16)5-6-11(13)17/h2-7H,8,18H2,1H3,(H,19,20). The Bertz CT molecular complexity index is 656. The Hall–Kier alpha value is -1.36. The number of hydrogen-bond acceptors (Lipinski definition) is 3. The maximum absolute atomic E-state index is 12.0. The van der Waals surface area contributed by atoms with Gasteiger partial charge in [0, 0.05) is 9.92 Å². The lowest BCUT2D eigenvalue weighted by Crippen LogP contribution is -2.16. The number of nitrogen functional groups attached to an aromatic ring is 1. The Labute approximate surface area is 137 Å². The molecule has 0 atom stereocenters. The van der Waals surface area contributed by atoms with Gasteiger partial charge in [0.2, 0.25) is 5.91 Å². The number of halogens is 2. The monoisotopic (exact) mass is 340 g/mol. The number of thioether (sulfide) groups is 1. The van der Waals surface area contributed by atoms with Crippen LogP contribution in [0.2, 0.25) is 10.0 Å². The Balaban J connectivity index is 2.01. The summed E-state index contributed by atoms with van der Waals surface area (Å²) in [4.78, 5) is 12.8. The lowest BCUT2D eigenvalue weighted by atomic mass is 10.1. The first kappa shape index (κ1) is 16.0. The van der Waals surface area contributed by atoms with Crippen LogP contribution in [-0.2, 0) is 4.79 Å². The molecule has 0 spiro atoms. The number of para-hydroxylation sites is 1. The van der Waals surface area contributed by atoms with E-state index in [4.69, 9.17) is 28.9 Å². The van der Waals surface area contributed by atoms with Gasteiger partial charge in [-0.25, -0.2) is 0 Å². The highest BCUT2D eigenvalue weighted by molar-refractivity contribution is 8.00. The minimum Gasteiger partial charge on any atom is -0.397 e. The van der Waals surface area contributed by atoms with Crippen molar-refractivity contribution in [3.05, 3.63) is 52.0 Å². The van der Waals surface area contributed by atoms with Gasteiger partial charge in [0.1, 0.15) is 0 Å². The Morgan fingerprint density at radius 3 is 2.76 bits per heavy atom. The van der Waals surface area contributed by atoms with E-state index in [1.807, 2.05) is 19.1 Å². The summed E-state index contributed by atoms with van der Waals surface area (Å²) < 4.78 is 0. The molecule has 0 radical (unpaired) electrons. The van der Waals surface area contributed by atoms with Crippen LogP contribution in [0.5, 0.6) is 0 Å². The first-order valence-electron chi connectivity index (χ1n) is 6.20. The van der Waals surface area contributed by atoms with Crippen molar-refractivity contribution in [3.63, 3.8) is 0 Å². The van der Waals surface area contributed by atoms with Gasteiger partial charge >= 0.3 is 0 Å². The number of amides is 1. The Morgan fingerprint density at radius 1 is 1.29 bits per heavy atom. The zero-order chi connectivity index (χ0) is 15.4. The molecule has 0 unspecified atom stereocenters. The topological polar surface area (TPSA) is 55.1 Å². The molecular weight excluding hydrogens is 327 g/mol. The maximum Gasteiger partial charge on any atom is 0.234 e. The largest absolute Gasteiger partial charge is 0.397 e. The highest BCUT2D eigenvalue weighted by atomic mass is 35.5. The zero-order valence-corrected chi connectivity index (χ0v) is 13.6. The van der Waals surface area contributed by atoms with Crippen molar-refractivity contribution in [1.29, 1.82) is 0 Å². The van der Waals surface area contributed by atoms with Gasteiger partial charge in [-0.1, -0.05) is 35.3 Å². The zero-order valence-electron chi connectivity index (χ0n) is 11.3. The first-order valence-corrected chi connectivity index (χ1v) is 7.94. The molecule has 0 aromatic heterocycles. The van der Waals surface area contributed by atoms with Crippen molar-refractivity contribution in [2.75, 3.05) is 16.8 Å². The number of aryl methyl sites for hydroxylation is 1. The highest BCUT2D eigenvalue weighted by Crippen LogP contribution is 2.30. The van der Waals surface area contributed by atoms with Gasteiger partial charge in [0.15, 0.2) is 0 Å². The van der Waals surface area contributed by atoms with Gasteiger partial charge in [0.25, 0.3) is 0 Å². The summed E-state index contributed by atoms with van der Waals surface area (Å²) in [6.45, 7) is 1.90. The molecule has 0 aliphatic carbocycles. The van der Waals surface area contributed by atoms with Crippen LogP contribution in [-0.4, -0.2) is 11.7 Å². The number of hydrogen-bond donors (Lipinski definition) is 2. The molecule has 2 aromatic carbocycles. The van der Waals surface area contributed by atoms with E-state index in [2.05, 4.69) is 5.32 Å². The van der Waals surface area contributed by atoms with Gasteiger partial charge in [-0.3, -0.25) is 4.79 Å². The summed E-state index contributed by atoms with van der Waals surface area (Å²) in [5.74, 6) is 0.0884. The molecule has 0 fully saturated rings. The van der Waals surface area contributed by atoms with Crippen molar-refractivity contribution in [2.45, 2.75) is 11.8 Å². The van der Waals surface area contributed by atoms with Crippen LogP contribution in [0.15, 0.2) is 41.3 Å². The van der Waals surface area contributed by atoms with Gasteiger partial charge in [-0.05, 0) is 36.8 Å². The summed E-state index contributed by atoms with van der Waals surface area (Å²) in [5.41, 5.74) is 7.99. The molecule has 1 amide bonds. The average Bonchev–Trinajstić information content (AvgIpc) is 2.44. The van der Waals surface area contributed by atoms with E-state index in [0.29, 0.717) is 21.4 Å². The summed E-state index contributed by atoms with van der Waals surface area (Å²) in [7, 11) is 0. The molecular formula is C15H14Cl2N2OS. The summed E-state index contributed by atoms with van der Waals surface area (Å²) in [5, 5.41) is 3.99. The smallest absolute Gasteiger partial charge is 0.234 e. The Morgan fingerprint density at radius 2 is 2.05 bits per heavy atom. The van der Waals surface area contributed by atoms with Gasteiger partial charge in [0.05, 0.1) is 22.2 Å². The van der Waals surface area contributed by atoms with Crippen LogP contribution >= 0.6 is 35.0 Å². The van der Waals surface area contributed by atoms with E-state index in [1.54, 1.807) is 24.3 Å². The third-order valence-electron chi connectivity index (χ3n) is 2.82.